The van der Waals surface area contributed by atoms with Gasteiger partial charge in [0.1, 0.15) is 5.54 Å². The molecule has 0 aliphatic heterocycles. The first-order chi connectivity index (χ1) is 19.9. The van der Waals surface area contributed by atoms with E-state index in [1.165, 1.54) is 25.0 Å². The van der Waals surface area contributed by atoms with Crippen molar-refractivity contribution in [3.63, 3.8) is 0 Å². The van der Waals surface area contributed by atoms with E-state index < -0.39 is 11.5 Å². The highest BCUT2D eigenvalue weighted by Gasteiger charge is 2.45. The standard InChI is InChI=1S/C33H34N4O4/c38-29(39)20-22-12-15-25(16-13-22)34-32(41)33(18-7-19-33)35-31(40)24-14-17-27-28(21-24)36-37(26-10-5-2-6-11-26)30(27)23-8-3-1-4-9-23/h2,5-6,10-17,21,23H,1,3-4,7-9,18-20H2,(H,34,41)(H,35,40)(H,38,39). The van der Waals surface area contributed by atoms with Crippen LogP contribution in [0.5, 0.6) is 0 Å². The average molecular weight is 551 g/mol. The second-order valence-electron chi connectivity index (χ2n) is 11.3. The second-order valence-corrected chi connectivity index (χ2v) is 11.3. The minimum atomic E-state index is -0.984. The van der Waals surface area contributed by atoms with Crippen LogP contribution in [0.25, 0.3) is 16.6 Å². The van der Waals surface area contributed by atoms with Crippen LogP contribution in [0.1, 0.15) is 78.9 Å². The molecular weight excluding hydrogens is 516 g/mol. The summed E-state index contributed by atoms with van der Waals surface area (Å²) in [5, 5.41) is 20.9. The maximum atomic E-state index is 13.5. The molecule has 0 spiro atoms. The molecule has 2 aliphatic carbocycles. The van der Waals surface area contributed by atoms with Gasteiger partial charge in [-0.25, -0.2) is 4.68 Å². The van der Waals surface area contributed by atoms with Crippen LogP contribution >= 0.6 is 0 Å². The number of aliphatic carboxylic acids is 1. The van der Waals surface area contributed by atoms with Gasteiger partial charge in [-0.1, -0.05) is 55.7 Å². The van der Waals surface area contributed by atoms with E-state index in [2.05, 4.69) is 22.8 Å². The Bertz CT molecular complexity index is 1580. The van der Waals surface area contributed by atoms with Gasteiger partial charge in [0, 0.05) is 22.6 Å². The fourth-order valence-electron chi connectivity index (χ4n) is 6.14. The van der Waals surface area contributed by atoms with E-state index in [9.17, 15) is 14.4 Å². The topological polar surface area (TPSA) is 113 Å². The van der Waals surface area contributed by atoms with Crippen molar-refractivity contribution in [3.8, 4) is 5.69 Å². The molecule has 0 bridgehead atoms. The van der Waals surface area contributed by atoms with Crippen LogP contribution in [0.2, 0.25) is 0 Å². The van der Waals surface area contributed by atoms with Crippen molar-refractivity contribution < 1.29 is 19.5 Å². The van der Waals surface area contributed by atoms with Crippen molar-refractivity contribution in [2.75, 3.05) is 5.32 Å². The molecule has 8 nitrogen and oxygen atoms in total. The SMILES string of the molecule is O=C(O)Cc1ccc(NC(=O)C2(NC(=O)c3ccc4c(C5CCCCC5)n(-c5ccccc5)nc4c3)CCC2)cc1. The van der Waals surface area contributed by atoms with Gasteiger partial charge in [0.25, 0.3) is 5.91 Å². The van der Waals surface area contributed by atoms with Crippen LogP contribution in [-0.4, -0.2) is 38.2 Å². The Hall–Kier alpha value is -4.46. The van der Waals surface area contributed by atoms with E-state index in [-0.39, 0.29) is 18.2 Å². The van der Waals surface area contributed by atoms with Gasteiger partial charge in [0.15, 0.2) is 0 Å². The van der Waals surface area contributed by atoms with Crippen molar-refractivity contribution in [1.82, 2.24) is 15.1 Å². The Morgan fingerprint density at radius 2 is 1.63 bits per heavy atom. The second kappa shape index (κ2) is 11.2. The number of hydrogen-bond acceptors (Lipinski definition) is 4. The van der Waals surface area contributed by atoms with Gasteiger partial charge in [-0.3, -0.25) is 14.4 Å². The molecule has 2 aliphatic rings. The Kier molecular flexibility index (Phi) is 7.30. The zero-order valence-corrected chi connectivity index (χ0v) is 22.9. The lowest BCUT2D eigenvalue weighted by molar-refractivity contribution is -0.136. The molecule has 41 heavy (non-hydrogen) atoms. The lowest BCUT2D eigenvalue weighted by atomic mass is 9.75. The lowest BCUT2D eigenvalue weighted by Crippen LogP contribution is -2.61. The average Bonchev–Trinajstić information content (AvgIpc) is 3.35. The Morgan fingerprint density at radius 3 is 2.29 bits per heavy atom. The molecule has 0 atom stereocenters. The molecule has 210 valence electrons. The monoisotopic (exact) mass is 550 g/mol. The fourth-order valence-corrected chi connectivity index (χ4v) is 6.14. The third-order valence-corrected chi connectivity index (χ3v) is 8.53. The summed E-state index contributed by atoms with van der Waals surface area (Å²) in [4.78, 5) is 37.7. The van der Waals surface area contributed by atoms with Crippen LogP contribution in [0, 0.1) is 0 Å². The van der Waals surface area contributed by atoms with Crippen LogP contribution < -0.4 is 10.6 Å². The molecule has 2 amide bonds. The van der Waals surface area contributed by atoms with Crippen LogP contribution in [-0.2, 0) is 16.0 Å². The number of para-hydroxylation sites is 1. The first kappa shape index (κ1) is 26.7. The highest BCUT2D eigenvalue weighted by molar-refractivity contribution is 6.05. The number of aromatic nitrogens is 2. The molecule has 2 fully saturated rings. The Balaban J connectivity index is 1.24. The molecule has 1 aromatic heterocycles. The van der Waals surface area contributed by atoms with Crippen molar-refractivity contribution in [1.29, 1.82) is 0 Å². The lowest BCUT2D eigenvalue weighted by Gasteiger charge is -2.40. The summed E-state index contributed by atoms with van der Waals surface area (Å²) in [5.41, 5.74) is 3.70. The molecule has 4 aromatic rings. The summed E-state index contributed by atoms with van der Waals surface area (Å²) in [6.07, 6.45) is 7.83. The maximum Gasteiger partial charge on any atom is 0.307 e. The van der Waals surface area contributed by atoms with Crippen LogP contribution in [0.15, 0.2) is 72.8 Å². The van der Waals surface area contributed by atoms with Crippen LogP contribution in [0.4, 0.5) is 5.69 Å². The zero-order valence-electron chi connectivity index (χ0n) is 22.9. The van der Waals surface area contributed by atoms with Crippen LogP contribution in [0.3, 0.4) is 0 Å². The van der Waals surface area contributed by atoms with Gasteiger partial charge < -0.3 is 15.7 Å². The highest BCUT2D eigenvalue weighted by atomic mass is 16.4. The summed E-state index contributed by atoms with van der Waals surface area (Å²) in [7, 11) is 0. The number of anilines is 1. The first-order valence-electron chi connectivity index (χ1n) is 14.4. The molecule has 3 aromatic carbocycles. The quantitative estimate of drug-likeness (QED) is 0.249. The number of carbonyl (C=O) groups excluding carboxylic acids is 2. The van der Waals surface area contributed by atoms with Crippen molar-refractivity contribution in [2.45, 2.75) is 69.2 Å². The van der Waals surface area contributed by atoms with Crippen molar-refractivity contribution in [2.24, 2.45) is 0 Å². The maximum absolute atomic E-state index is 13.5. The van der Waals surface area contributed by atoms with E-state index >= 15 is 0 Å². The van der Waals surface area contributed by atoms with Gasteiger partial charge in [-0.05, 0) is 74.1 Å². The number of carboxylic acids is 1. The third-order valence-electron chi connectivity index (χ3n) is 8.53. The molecule has 6 rings (SSSR count). The van der Waals surface area contributed by atoms with E-state index in [0.29, 0.717) is 35.6 Å². The fraction of sp³-hybridized carbons (Fsp3) is 0.333. The summed E-state index contributed by atoms with van der Waals surface area (Å²) in [6.45, 7) is 0. The normalized spacial score (nSPS) is 16.6. The third kappa shape index (κ3) is 5.46. The minimum absolute atomic E-state index is 0.0791. The van der Waals surface area contributed by atoms with Gasteiger partial charge in [0.05, 0.1) is 23.3 Å². The molecule has 0 radical (unpaired) electrons. The molecule has 1 heterocycles. The number of nitrogens with one attached hydrogen (secondary N) is 2. The van der Waals surface area contributed by atoms with Crippen molar-refractivity contribution in [3.05, 3.63) is 89.6 Å². The summed E-state index contributed by atoms with van der Waals surface area (Å²) in [6, 6.07) is 22.6. The number of benzene rings is 3. The van der Waals surface area contributed by atoms with Crippen molar-refractivity contribution >= 4 is 34.4 Å². The Morgan fingerprint density at radius 1 is 0.902 bits per heavy atom. The molecular formula is C33H34N4O4. The summed E-state index contributed by atoms with van der Waals surface area (Å²) >= 11 is 0. The minimum Gasteiger partial charge on any atom is -0.481 e. The number of carboxylic acid groups (broad SMARTS) is 1. The molecule has 0 unspecified atom stereocenters. The zero-order chi connectivity index (χ0) is 28.4. The van der Waals surface area contributed by atoms with Gasteiger partial charge in [0.2, 0.25) is 5.91 Å². The number of hydrogen-bond donors (Lipinski definition) is 3. The number of carbonyl (C=O) groups is 3. The summed E-state index contributed by atoms with van der Waals surface area (Å²) in [5.74, 6) is -1.05. The first-order valence-corrected chi connectivity index (χ1v) is 14.4. The Labute approximate surface area is 238 Å². The molecule has 2 saturated carbocycles. The van der Waals surface area contributed by atoms with Gasteiger partial charge in [-0.2, -0.15) is 5.10 Å². The van der Waals surface area contributed by atoms with E-state index in [4.69, 9.17) is 10.2 Å². The predicted molar refractivity (Wildman–Crippen MR) is 157 cm³/mol. The number of rotatable bonds is 8. The molecule has 8 heteroatoms. The van der Waals surface area contributed by atoms with Gasteiger partial charge in [-0.15, -0.1) is 0 Å². The smallest absolute Gasteiger partial charge is 0.307 e. The highest BCUT2D eigenvalue weighted by Crippen LogP contribution is 2.38. The number of fused-ring (bicyclic) bond motifs is 1. The molecule has 3 N–H and O–H groups in total. The van der Waals surface area contributed by atoms with E-state index in [1.807, 2.05) is 41.1 Å². The predicted octanol–water partition coefficient (Wildman–Crippen LogP) is 5.99. The molecule has 0 saturated heterocycles. The van der Waals surface area contributed by atoms with E-state index in [0.717, 1.165) is 35.9 Å². The largest absolute Gasteiger partial charge is 0.481 e. The summed E-state index contributed by atoms with van der Waals surface area (Å²) < 4.78 is 2.05. The number of nitrogens with zero attached hydrogens (tertiary/aromatic N) is 2. The van der Waals surface area contributed by atoms with Gasteiger partial charge >= 0.3 is 5.97 Å². The van der Waals surface area contributed by atoms with E-state index in [1.54, 1.807) is 24.3 Å². The number of amides is 2.